The first kappa shape index (κ1) is 17.1. The van der Waals surface area contributed by atoms with Crippen LogP contribution in [-0.2, 0) is 0 Å². The van der Waals surface area contributed by atoms with Gasteiger partial charge < -0.3 is 20.3 Å². The van der Waals surface area contributed by atoms with Crippen molar-refractivity contribution in [3.05, 3.63) is 24.3 Å². The zero-order chi connectivity index (χ0) is 15.6. The van der Waals surface area contributed by atoms with Crippen LogP contribution < -0.4 is 10.1 Å². The number of benzene rings is 1. The predicted octanol–water partition coefficient (Wildman–Crippen LogP) is 1.71. The minimum Gasteiger partial charge on any atom is -0.492 e. The zero-order valence-electron chi connectivity index (χ0n) is 13.2. The van der Waals surface area contributed by atoms with Crippen molar-refractivity contribution < 1.29 is 14.9 Å². The van der Waals surface area contributed by atoms with Gasteiger partial charge in [0.15, 0.2) is 0 Å². The molecule has 1 aromatic rings. The average Bonchev–Trinajstić information content (AvgIpc) is 2.82. The fraction of sp³-hybridized carbons (Fsp3) is 0.647. The summed E-state index contributed by atoms with van der Waals surface area (Å²) < 4.78 is 5.79. The number of hydrogen-bond donors (Lipinski definition) is 3. The maximum absolute atomic E-state index is 9.29. The van der Waals surface area contributed by atoms with Gasteiger partial charge in [-0.25, -0.2) is 0 Å². The van der Waals surface area contributed by atoms with Crippen LogP contribution >= 0.6 is 0 Å². The third kappa shape index (κ3) is 6.22. The Bertz CT molecular complexity index is 403. The van der Waals surface area contributed by atoms with Gasteiger partial charge in [0, 0.05) is 18.8 Å². The molecule has 1 heterocycles. The van der Waals surface area contributed by atoms with E-state index in [9.17, 15) is 5.11 Å². The number of nitrogens with one attached hydrogen (secondary N) is 1. The molecule has 0 amide bonds. The van der Waals surface area contributed by atoms with Crippen molar-refractivity contribution in [1.29, 1.82) is 0 Å². The topological polar surface area (TPSA) is 65.0 Å². The fourth-order valence-corrected chi connectivity index (χ4v) is 2.62. The molecule has 0 saturated carbocycles. The minimum absolute atomic E-state index is 0.231. The molecule has 1 fully saturated rings. The third-order valence-corrected chi connectivity index (χ3v) is 3.98. The van der Waals surface area contributed by atoms with Crippen LogP contribution in [0.15, 0.2) is 24.3 Å². The average molecular weight is 308 g/mol. The van der Waals surface area contributed by atoms with Gasteiger partial charge in [-0.3, -0.25) is 4.90 Å². The normalized spacial score (nSPS) is 17.7. The molecular formula is C17H28N2O3. The highest BCUT2D eigenvalue weighted by Gasteiger charge is 2.08. The van der Waals surface area contributed by atoms with Crippen LogP contribution in [0.1, 0.15) is 25.7 Å². The second-order valence-electron chi connectivity index (χ2n) is 5.85. The number of likely N-dealkylation sites (tertiary alicyclic amines) is 1. The Morgan fingerprint density at radius 3 is 2.41 bits per heavy atom. The van der Waals surface area contributed by atoms with Crippen molar-refractivity contribution in [2.24, 2.45) is 0 Å². The first-order chi connectivity index (χ1) is 10.8. The standard InChI is InChI=1S/C17H28N2O3/c20-14-16(21)13-18-15-5-7-17(8-6-15)22-12-11-19-9-3-1-2-4-10-19/h5-8,16,18,20-21H,1-4,9-14H2. The van der Waals surface area contributed by atoms with Crippen molar-refractivity contribution in [1.82, 2.24) is 4.90 Å². The highest BCUT2D eigenvalue weighted by molar-refractivity contribution is 5.46. The second-order valence-corrected chi connectivity index (χ2v) is 5.85. The molecule has 22 heavy (non-hydrogen) atoms. The molecule has 0 spiro atoms. The van der Waals surface area contributed by atoms with Crippen LogP contribution in [0.4, 0.5) is 5.69 Å². The molecule has 0 bridgehead atoms. The Morgan fingerprint density at radius 2 is 1.77 bits per heavy atom. The highest BCUT2D eigenvalue weighted by Crippen LogP contribution is 2.16. The molecule has 1 saturated heterocycles. The predicted molar refractivity (Wildman–Crippen MR) is 88.4 cm³/mol. The monoisotopic (exact) mass is 308 g/mol. The van der Waals surface area contributed by atoms with E-state index in [2.05, 4.69) is 10.2 Å². The minimum atomic E-state index is -0.732. The van der Waals surface area contributed by atoms with E-state index in [1.807, 2.05) is 24.3 Å². The molecule has 2 rings (SSSR count). The number of anilines is 1. The molecule has 0 radical (unpaired) electrons. The van der Waals surface area contributed by atoms with Crippen LogP contribution in [0.5, 0.6) is 5.75 Å². The molecule has 1 aliphatic heterocycles. The van der Waals surface area contributed by atoms with Crippen LogP contribution in [0, 0.1) is 0 Å². The highest BCUT2D eigenvalue weighted by atomic mass is 16.5. The smallest absolute Gasteiger partial charge is 0.119 e. The van der Waals surface area contributed by atoms with Crippen molar-refractivity contribution in [2.75, 3.05) is 44.7 Å². The van der Waals surface area contributed by atoms with E-state index >= 15 is 0 Å². The lowest BCUT2D eigenvalue weighted by Gasteiger charge is -2.19. The van der Waals surface area contributed by atoms with E-state index in [4.69, 9.17) is 9.84 Å². The van der Waals surface area contributed by atoms with E-state index < -0.39 is 6.10 Å². The number of aliphatic hydroxyl groups is 2. The van der Waals surface area contributed by atoms with E-state index in [1.165, 1.54) is 38.8 Å². The molecule has 1 atom stereocenters. The number of hydrogen-bond acceptors (Lipinski definition) is 5. The van der Waals surface area contributed by atoms with Gasteiger partial charge in [-0.05, 0) is 50.2 Å². The van der Waals surface area contributed by atoms with Gasteiger partial charge in [0.2, 0.25) is 0 Å². The van der Waals surface area contributed by atoms with E-state index in [1.54, 1.807) is 0 Å². The molecule has 5 nitrogen and oxygen atoms in total. The maximum atomic E-state index is 9.29. The Balaban J connectivity index is 1.67. The number of nitrogens with zero attached hydrogens (tertiary/aromatic N) is 1. The fourth-order valence-electron chi connectivity index (χ4n) is 2.62. The summed E-state index contributed by atoms with van der Waals surface area (Å²) in [7, 11) is 0. The van der Waals surface area contributed by atoms with E-state index in [0.717, 1.165) is 24.6 Å². The molecule has 5 heteroatoms. The first-order valence-electron chi connectivity index (χ1n) is 8.26. The Kier molecular flexibility index (Phi) is 7.49. The molecule has 1 aromatic carbocycles. The van der Waals surface area contributed by atoms with Crippen molar-refractivity contribution >= 4 is 5.69 Å². The quantitative estimate of drug-likeness (QED) is 0.682. The summed E-state index contributed by atoms with van der Waals surface area (Å²) in [6.45, 7) is 4.20. The van der Waals surface area contributed by atoms with Crippen LogP contribution in [0.2, 0.25) is 0 Å². The van der Waals surface area contributed by atoms with Gasteiger partial charge >= 0.3 is 0 Å². The SMILES string of the molecule is OCC(O)CNc1ccc(OCCN2CCCCCC2)cc1. The summed E-state index contributed by atoms with van der Waals surface area (Å²) in [6, 6.07) is 7.70. The third-order valence-electron chi connectivity index (χ3n) is 3.98. The number of aliphatic hydroxyl groups excluding tert-OH is 2. The lowest BCUT2D eigenvalue weighted by Crippen LogP contribution is -2.29. The summed E-state index contributed by atoms with van der Waals surface area (Å²) in [5.74, 6) is 0.864. The summed E-state index contributed by atoms with van der Waals surface area (Å²) in [5.41, 5.74) is 0.910. The van der Waals surface area contributed by atoms with Crippen LogP contribution in [0.25, 0.3) is 0 Å². The summed E-state index contributed by atoms with van der Waals surface area (Å²) >= 11 is 0. The Morgan fingerprint density at radius 1 is 1.09 bits per heavy atom. The largest absolute Gasteiger partial charge is 0.492 e. The van der Waals surface area contributed by atoms with Gasteiger partial charge in [-0.2, -0.15) is 0 Å². The van der Waals surface area contributed by atoms with Crippen molar-refractivity contribution in [3.63, 3.8) is 0 Å². The molecule has 3 N–H and O–H groups in total. The van der Waals surface area contributed by atoms with Gasteiger partial charge in [0.05, 0.1) is 12.7 Å². The van der Waals surface area contributed by atoms with E-state index in [0.29, 0.717) is 6.54 Å². The first-order valence-corrected chi connectivity index (χ1v) is 8.26. The molecule has 0 aliphatic carbocycles. The summed E-state index contributed by atoms with van der Waals surface area (Å²) in [5, 5.41) is 21.1. The van der Waals surface area contributed by atoms with Gasteiger partial charge in [0.1, 0.15) is 12.4 Å². The molecule has 1 unspecified atom stereocenters. The summed E-state index contributed by atoms with van der Waals surface area (Å²) in [4.78, 5) is 2.49. The lowest BCUT2D eigenvalue weighted by molar-refractivity contribution is 0.105. The number of rotatable bonds is 8. The van der Waals surface area contributed by atoms with Crippen LogP contribution in [0.3, 0.4) is 0 Å². The second kappa shape index (κ2) is 9.66. The Hall–Kier alpha value is -1.30. The van der Waals surface area contributed by atoms with Crippen LogP contribution in [-0.4, -0.2) is 60.6 Å². The van der Waals surface area contributed by atoms with Gasteiger partial charge in [-0.15, -0.1) is 0 Å². The zero-order valence-corrected chi connectivity index (χ0v) is 13.2. The lowest BCUT2D eigenvalue weighted by atomic mass is 10.2. The maximum Gasteiger partial charge on any atom is 0.119 e. The van der Waals surface area contributed by atoms with Gasteiger partial charge in [0.25, 0.3) is 0 Å². The molecular weight excluding hydrogens is 280 g/mol. The Labute approximate surface area is 132 Å². The van der Waals surface area contributed by atoms with Crippen molar-refractivity contribution in [3.8, 4) is 5.75 Å². The molecule has 124 valence electrons. The van der Waals surface area contributed by atoms with Gasteiger partial charge in [-0.1, -0.05) is 12.8 Å². The summed E-state index contributed by atoms with van der Waals surface area (Å²) in [6.07, 6.45) is 4.60. The molecule has 1 aliphatic rings. The van der Waals surface area contributed by atoms with E-state index in [-0.39, 0.29) is 6.61 Å². The van der Waals surface area contributed by atoms with Crippen molar-refractivity contribution in [2.45, 2.75) is 31.8 Å². The molecule has 0 aromatic heterocycles. The number of ether oxygens (including phenoxy) is 1.